The maximum Gasteiger partial charge on any atom is 0.310 e. The summed E-state index contributed by atoms with van der Waals surface area (Å²) in [5.41, 5.74) is 0.848. The van der Waals surface area contributed by atoms with E-state index in [-0.39, 0.29) is 17.8 Å². The molecule has 5 heteroatoms. The molecule has 2 atom stereocenters. The molecule has 0 saturated carbocycles. The molecule has 0 amide bonds. The molecule has 1 aromatic rings. The molecule has 0 aliphatic carbocycles. The number of nitrogens with one attached hydrogen (secondary N) is 1. The van der Waals surface area contributed by atoms with Gasteiger partial charge < -0.3 is 10.1 Å². The Hall–Kier alpha value is -1.13. The molecule has 1 fully saturated rings. The molecule has 2 heterocycles. The van der Waals surface area contributed by atoms with Crippen LogP contribution in [0.25, 0.3) is 0 Å². The third-order valence-electron chi connectivity index (χ3n) is 2.93. The van der Waals surface area contributed by atoms with E-state index in [9.17, 15) is 4.79 Å². The lowest BCUT2D eigenvalue weighted by Gasteiger charge is -2.16. The number of carbonyl (C=O) groups is 1. The highest BCUT2D eigenvalue weighted by Gasteiger charge is 2.35. The van der Waals surface area contributed by atoms with Crippen LogP contribution in [0.2, 0.25) is 5.02 Å². The minimum Gasteiger partial charge on any atom is -0.466 e. The van der Waals surface area contributed by atoms with Crippen molar-refractivity contribution < 1.29 is 9.53 Å². The quantitative estimate of drug-likeness (QED) is 0.833. The highest BCUT2D eigenvalue weighted by atomic mass is 35.5. The second kappa shape index (κ2) is 5.47. The first kappa shape index (κ1) is 12.3. The van der Waals surface area contributed by atoms with E-state index in [0.29, 0.717) is 18.2 Å². The average molecular weight is 255 g/mol. The molecule has 2 rings (SSSR count). The Morgan fingerprint density at radius 3 is 3.18 bits per heavy atom. The van der Waals surface area contributed by atoms with Crippen molar-refractivity contribution in [2.24, 2.45) is 5.92 Å². The van der Waals surface area contributed by atoms with Gasteiger partial charge in [0.05, 0.1) is 12.5 Å². The molecule has 1 aromatic heterocycles. The second-order valence-electron chi connectivity index (χ2n) is 4.02. The van der Waals surface area contributed by atoms with Crippen molar-refractivity contribution in [1.29, 1.82) is 0 Å². The number of nitrogens with zero attached hydrogens (tertiary/aromatic N) is 1. The number of esters is 1. The van der Waals surface area contributed by atoms with E-state index in [1.165, 1.54) is 0 Å². The lowest BCUT2D eigenvalue weighted by molar-refractivity contribution is -0.147. The van der Waals surface area contributed by atoms with Crippen LogP contribution in [0.3, 0.4) is 0 Å². The summed E-state index contributed by atoms with van der Waals surface area (Å²) in [7, 11) is 0. The highest BCUT2D eigenvalue weighted by molar-refractivity contribution is 6.30. The number of carbonyl (C=O) groups excluding carboxylic acids is 1. The second-order valence-corrected chi connectivity index (χ2v) is 4.46. The fourth-order valence-corrected chi connectivity index (χ4v) is 2.28. The Labute approximate surface area is 105 Å². The molecular formula is C12H15ClN2O2. The van der Waals surface area contributed by atoms with Gasteiger partial charge in [-0.2, -0.15) is 0 Å². The predicted octanol–water partition coefficient (Wildman–Crippen LogP) is 1.60. The van der Waals surface area contributed by atoms with Gasteiger partial charge in [-0.1, -0.05) is 11.6 Å². The van der Waals surface area contributed by atoms with Crippen molar-refractivity contribution in [3.05, 3.63) is 29.0 Å². The van der Waals surface area contributed by atoms with Crippen molar-refractivity contribution >= 4 is 17.6 Å². The van der Waals surface area contributed by atoms with E-state index in [2.05, 4.69) is 10.3 Å². The van der Waals surface area contributed by atoms with Crippen LogP contribution in [0, 0.1) is 5.92 Å². The first-order valence-electron chi connectivity index (χ1n) is 5.71. The van der Waals surface area contributed by atoms with Gasteiger partial charge in [-0.15, -0.1) is 0 Å². The summed E-state index contributed by atoms with van der Waals surface area (Å²) < 4.78 is 5.07. The van der Waals surface area contributed by atoms with Gasteiger partial charge in [0, 0.05) is 35.9 Å². The number of rotatable bonds is 3. The Kier molecular flexibility index (Phi) is 3.97. The zero-order valence-corrected chi connectivity index (χ0v) is 10.4. The van der Waals surface area contributed by atoms with Crippen molar-refractivity contribution in [1.82, 2.24) is 10.3 Å². The first-order valence-corrected chi connectivity index (χ1v) is 6.09. The van der Waals surface area contributed by atoms with Gasteiger partial charge in [0.2, 0.25) is 0 Å². The van der Waals surface area contributed by atoms with Crippen LogP contribution in [0.1, 0.15) is 18.5 Å². The molecule has 1 aliphatic rings. The van der Waals surface area contributed by atoms with E-state index in [1.54, 1.807) is 12.3 Å². The fourth-order valence-electron chi connectivity index (χ4n) is 2.11. The summed E-state index contributed by atoms with van der Waals surface area (Å²) in [6.07, 6.45) is 1.66. The Bertz CT molecular complexity index is 411. The molecule has 17 heavy (non-hydrogen) atoms. The third kappa shape index (κ3) is 2.76. The molecule has 0 spiro atoms. The van der Waals surface area contributed by atoms with E-state index in [0.717, 1.165) is 12.2 Å². The molecule has 2 unspecified atom stereocenters. The zero-order chi connectivity index (χ0) is 12.3. The summed E-state index contributed by atoms with van der Waals surface area (Å²) in [5.74, 6) is -0.280. The number of halogens is 1. The van der Waals surface area contributed by atoms with E-state index < -0.39 is 0 Å². The molecule has 92 valence electrons. The Morgan fingerprint density at radius 1 is 1.65 bits per heavy atom. The molecule has 0 aromatic carbocycles. The van der Waals surface area contributed by atoms with Crippen LogP contribution in [-0.2, 0) is 9.53 Å². The summed E-state index contributed by atoms with van der Waals surface area (Å²) in [6, 6.07) is 3.54. The third-order valence-corrected chi connectivity index (χ3v) is 3.16. The Morgan fingerprint density at radius 2 is 2.47 bits per heavy atom. The van der Waals surface area contributed by atoms with Crippen LogP contribution < -0.4 is 5.32 Å². The predicted molar refractivity (Wildman–Crippen MR) is 65.0 cm³/mol. The van der Waals surface area contributed by atoms with Crippen molar-refractivity contribution in [3.63, 3.8) is 0 Å². The van der Waals surface area contributed by atoms with Crippen LogP contribution in [-0.4, -0.2) is 30.6 Å². The highest BCUT2D eigenvalue weighted by Crippen LogP contribution is 2.28. The van der Waals surface area contributed by atoms with Gasteiger partial charge in [-0.3, -0.25) is 9.78 Å². The number of hydrogen-bond acceptors (Lipinski definition) is 4. The van der Waals surface area contributed by atoms with E-state index >= 15 is 0 Å². The molecule has 1 saturated heterocycles. The summed E-state index contributed by atoms with van der Waals surface area (Å²) in [4.78, 5) is 16.1. The van der Waals surface area contributed by atoms with Crippen molar-refractivity contribution in [2.75, 3.05) is 19.7 Å². The molecule has 0 bridgehead atoms. The number of hydrogen-bond donors (Lipinski definition) is 1. The van der Waals surface area contributed by atoms with Crippen LogP contribution in [0.5, 0.6) is 0 Å². The largest absolute Gasteiger partial charge is 0.466 e. The van der Waals surface area contributed by atoms with Crippen LogP contribution >= 0.6 is 11.6 Å². The first-order chi connectivity index (χ1) is 8.22. The topological polar surface area (TPSA) is 51.2 Å². The SMILES string of the molecule is CCOC(=O)C1CNCC1c1cc(Cl)ccn1. The molecule has 4 nitrogen and oxygen atoms in total. The fraction of sp³-hybridized carbons (Fsp3) is 0.500. The van der Waals surface area contributed by atoms with Gasteiger partial charge >= 0.3 is 5.97 Å². The number of ether oxygens (including phenoxy) is 1. The zero-order valence-electron chi connectivity index (χ0n) is 9.65. The summed E-state index contributed by atoms with van der Waals surface area (Å²) in [6.45, 7) is 3.59. The van der Waals surface area contributed by atoms with Gasteiger partial charge in [0.15, 0.2) is 0 Å². The maximum atomic E-state index is 11.8. The maximum absolute atomic E-state index is 11.8. The van der Waals surface area contributed by atoms with Crippen LogP contribution in [0.4, 0.5) is 0 Å². The Balaban J connectivity index is 2.17. The standard InChI is InChI=1S/C12H15ClN2O2/c1-2-17-12(16)10-7-14-6-9(10)11-5-8(13)3-4-15-11/h3-5,9-10,14H,2,6-7H2,1H3. The van der Waals surface area contributed by atoms with Gasteiger partial charge in [0.25, 0.3) is 0 Å². The van der Waals surface area contributed by atoms with Gasteiger partial charge in [-0.05, 0) is 19.1 Å². The van der Waals surface area contributed by atoms with E-state index in [1.807, 2.05) is 13.0 Å². The van der Waals surface area contributed by atoms with Crippen molar-refractivity contribution in [2.45, 2.75) is 12.8 Å². The lowest BCUT2D eigenvalue weighted by Crippen LogP contribution is -2.24. The lowest BCUT2D eigenvalue weighted by atomic mass is 9.92. The normalized spacial score (nSPS) is 23.6. The van der Waals surface area contributed by atoms with Crippen LogP contribution in [0.15, 0.2) is 18.3 Å². The smallest absolute Gasteiger partial charge is 0.310 e. The monoisotopic (exact) mass is 254 g/mol. The summed E-state index contributed by atoms with van der Waals surface area (Å²) in [5, 5.41) is 3.84. The minimum atomic E-state index is -0.166. The molecule has 0 radical (unpaired) electrons. The molecular weight excluding hydrogens is 240 g/mol. The number of pyridine rings is 1. The molecule has 1 aliphatic heterocycles. The van der Waals surface area contributed by atoms with E-state index in [4.69, 9.17) is 16.3 Å². The van der Waals surface area contributed by atoms with Crippen molar-refractivity contribution in [3.8, 4) is 0 Å². The summed E-state index contributed by atoms with van der Waals surface area (Å²) >= 11 is 5.94. The molecule has 1 N–H and O–H groups in total. The minimum absolute atomic E-state index is 0.0488. The van der Waals surface area contributed by atoms with Gasteiger partial charge in [-0.25, -0.2) is 0 Å². The van der Waals surface area contributed by atoms with Gasteiger partial charge in [0.1, 0.15) is 0 Å². The number of aromatic nitrogens is 1. The average Bonchev–Trinajstić information content (AvgIpc) is 2.78.